The molecule has 1 unspecified atom stereocenters. The highest BCUT2D eigenvalue weighted by Gasteiger charge is 2.37. The lowest BCUT2D eigenvalue weighted by atomic mass is 9.68. The maximum absolute atomic E-state index is 5.95. The Kier molecular flexibility index (Phi) is 4.92. The van der Waals surface area contributed by atoms with Crippen LogP contribution in [0.4, 0.5) is 0 Å². The van der Waals surface area contributed by atoms with E-state index < -0.39 is 0 Å². The van der Waals surface area contributed by atoms with E-state index in [0.29, 0.717) is 24.5 Å². The fraction of sp³-hybridized carbons (Fsp3) is 0.778. The first kappa shape index (κ1) is 16.7. The molecule has 0 bridgehead atoms. The second kappa shape index (κ2) is 6.20. The van der Waals surface area contributed by atoms with Gasteiger partial charge in [0.05, 0.1) is 4.88 Å². The largest absolute Gasteiger partial charge is 0.485 e. The van der Waals surface area contributed by atoms with Gasteiger partial charge in [-0.05, 0) is 17.3 Å². The lowest BCUT2D eigenvalue weighted by Crippen LogP contribution is -2.27. The Morgan fingerprint density at radius 3 is 2.38 bits per heavy atom. The fourth-order valence-electron chi connectivity index (χ4n) is 2.79. The van der Waals surface area contributed by atoms with Crippen LogP contribution in [0.15, 0.2) is 5.38 Å². The number of thiophene rings is 1. The molecular weight excluding hydrogens is 280 g/mol. The molecule has 0 saturated heterocycles. The predicted molar refractivity (Wildman–Crippen MR) is 90.8 cm³/mol. The van der Waals surface area contributed by atoms with Crippen molar-refractivity contribution in [1.82, 2.24) is 0 Å². The summed E-state index contributed by atoms with van der Waals surface area (Å²) in [5.74, 6) is 2.49. The predicted octanol–water partition coefficient (Wildman–Crippen LogP) is 5.87. The van der Waals surface area contributed by atoms with Crippen molar-refractivity contribution >= 4 is 11.3 Å². The van der Waals surface area contributed by atoms with Gasteiger partial charge in [0, 0.05) is 11.3 Å². The van der Waals surface area contributed by atoms with E-state index in [2.05, 4.69) is 46.9 Å². The van der Waals surface area contributed by atoms with Gasteiger partial charge in [0.1, 0.15) is 13.2 Å². The lowest BCUT2D eigenvalue weighted by molar-refractivity contribution is 0.159. The molecule has 1 aromatic heterocycles. The van der Waals surface area contributed by atoms with Crippen molar-refractivity contribution in [2.75, 3.05) is 13.2 Å². The Hall–Kier alpha value is -0.700. The first-order valence-electron chi connectivity index (χ1n) is 8.17. The number of ether oxygens (including phenoxy) is 2. The summed E-state index contributed by atoms with van der Waals surface area (Å²) in [6.45, 7) is 15.5. The topological polar surface area (TPSA) is 18.5 Å². The first-order valence-corrected chi connectivity index (χ1v) is 9.05. The second-order valence-corrected chi connectivity index (χ2v) is 8.52. The second-order valence-electron chi connectivity index (χ2n) is 7.61. The molecule has 3 heteroatoms. The van der Waals surface area contributed by atoms with Gasteiger partial charge >= 0.3 is 0 Å². The van der Waals surface area contributed by atoms with E-state index in [1.54, 1.807) is 0 Å². The molecule has 1 aliphatic rings. The van der Waals surface area contributed by atoms with Gasteiger partial charge in [-0.15, -0.1) is 11.3 Å². The molecule has 0 saturated carbocycles. The van der Waals surface area contributed by atoms with Gasteiger partial charge in [0.2, 0.25) is 0 Å². The van der Waals surface area contributed by atoms with Crippen molar-refractivity contribution in [2.45, 2.75) is 66.7 Å². The van der Waals surface area contributed by atoms with Gasteiger partial charge in [0.15, 0.2) is 11.5 Å². The molecule has 0 fully saturated rings. The van der Waals surface area contributed by atoms with Crippen LogP contribution < -0.4 is 9.47 Å². The molecule has 21 heavy (non-hydrogen) atoms. The zero-order valence-electron chi connectivity index (χ0n) is 14.4. The Bertz CT molecular complexity index is 474. The highest BCUT2D eigenvalue weighted by atomic mass is 32.1. The zero-order chi connectivity index (χ0) is 15.7. The monoisotopic (exact) mass is 310 g/mol. The molecule has 120 valence electrons. The lowest BCUT2D eigenvalue weighted by Gasteiger charge is -2.39. The van der Waals surface area contributed by atoms with E-state index in [4.69, 9.17) is 9.47 Å². The molecule has 0 N–H and O–H groups in total. The highest BCUT2D eigenvalue weighted by Crippen LogP contribution is 2.53. The van der Waals surface area contributed by atoms with Gasteiger partial charge in [-0.3, -0.25) is 0 Å². The summed E-state index contributed by atoms with van der Waals surface area (Å²) < 4.78 is 11.7. The molecular formula is C18H30O2S. The molecule has 2 nitrogen and oxygen atoms in total. The average Bonchev–Trinajstić information content (AvgIpc) is 2.88. The summed E-state index contributed by atoms with van der Waals surface area (Å²) in [6, 6.07) is 0. The molecule has 2 heterocycles. The zero-order valence-corrected chi connectivity index (χ0v) is 15.2. The normalized spacial score (nSPS) is 16.9. The van der Waals surface area contributed by atoms with Gasteiger partial charge in [-0.2, -0.15) is 0 Å². The standard InChI is InChI=1S/C18H30O2S/c1-7-17(3,4)11-13(18(5,6)8-2)16-15-14(12-21-16)19-9-10-20-15/h12-13H,7-11H2,1-6H3. The Balaban J connectivity index is 2.38. The maximum atomic E-state index is 5.95. The Labute approximate surface area is 133 Å². The van der Waals surface area contributed by atoms with Gasteiger partial charge in [-0.25, -0.2) is 0 Å². The summed E-state index contributed by atoms with van der Waals surface area (Å²) >= 11 is 1.82. The quantitative estimate of drug-likeness (QED) is 0.654. The third-order valence-corrected chi connectivity index (χ3v) is 6.27. The number of fused-ring (bicyclic) bond motifs is 1. The van der Waals surface area contributed by atoms with Crippen LogP contribution in [0, 0.1) is 10.8 Å². The van der Waals surface area contributed by atoms with Gasteiger partial charge in [-0.1, -0.05) is 54.4 Å². The Morgan fingerprint density at radius 2 is 1.76 bits per heavy atom. The van der Waals surface area contributed by atoms with E-state index >= 15 is 0 Å². The molecule has 0 aromatic carbocycles. The van der Waals surface area contributed by atoms with Crippen molar-refractivity contribution in [3.63, 3.8) is 0 Å². The Morgan fingerprint density at radius 1 is 1.10 bits per heavy atom. The van der Waals surface area contributed by atoms with Gasteiger partial charge in [0.25, 0.3) is 0 Å². The van der Waals surface area contributed by atoms with Crippen LogP contribution in [0.2, 0.25) is 0 Å². The van der Waals surface area contributed by atoms with E-state index in [-0.39, 0.29) is 5.41 Å². The average molecular weight is 311 g/mol. The third-order valence-electron chi connectivity index (χ3n) is 5.21. The molecule has 1 atom stereocenters. The van der Waals surface area contributed by atoms with Crippen molar-refractivity contribution in [3.05, 3.63) is 10.3 Å². The first-order chi connectivity index (χ1) is 9.80. The van der Waals surface area contributed by atoms with Crippen LogP contribution in [0.3, 0.4) is 0 Å². The minimum absolute atomic E-state index is 0.270. The van der Waals surface area contributed by atoms with E-state index in [1.807, 2.05) is 11.3 Å². The summed E-state index contributed by atoms with van der Waals surface area (Å²) in [7, 11) is 0. The van der Waals surface area contributed by atoms with Crippen LogP contribution in [0.1, 0.15) is 71.6 Å². The molecule has 2 rings (SSSR count). The van der Waals surface area contributed by atoms with Crippen LogP contribution in [-0.4, -0.2) is 13.2 Å². The van der Waals surface area contributed by atoms with E-state index in [0.717, 1.165) is 11.5 Å². The number of hydrogen-bond acceptors (Lipinski definition) is 3. The smallest absolute Gasteiger partial charge is 0.175 e. The van der Waals surface area contributed by atoms with Crippen LogP contribution in [0.25, 0.3) is 0 Å². The minimum atomic E-state index is 0.270. The van der Waals surface area contributed by atoms with Crippen molar-refractivity contribution < 1.29 is 9.47 Å². The van der Waals surface area contributed by atoms with E-state index in [1.165, 1.54) is 24.1 Å². The van der Waals surface area contributed by atoms with Crippen LogP contribution in [0.5, 0.6) is 11.5 Å². The minimum Gasteiger partial charge on any atom is -0.485 e. The van der Waals surface area contributed by atoms with Crippen LogP contribution in [-0.2, 0) is 0 Å². The maximum Gasteiger partial charge on any atom is 0.175 e. The number of rotatable bonds is 6. The summed E-state index contributed by atoms with van der Waals surface area (Å²) in [5, 5.41) is 2.13. The molecule has 1 aliphatic heterocycles. The molecule has 0 radical (unpaired) electrons. The van der Waals surface area contributed by atoms with Crippen molar-refractivity contribution in [2.24, 2.45) is 10.8 Å². The van der Waals surface area contributed by atoms with Crippen molar-refractivity contribution in [1.29, 1.82) is 0 Å². The third kappa shape index (κ3) is 3.56. The van der Waals surface area contributed by atoms with Crippen molar-refractivity contribution in [3.8, 4) is 11.5 Å². The fourth-order valence-corrected chi connectivity index (χ4v) is 4.03. The SMILES string of the molecule is CCC(C)(C)CC(c1scc2c1OCCO2)C(C)(C)CC. The summed E-state index contributed by atoms with van der Waals surface area (Å²) in [4.78, 5) is 1.39. The molecule has 0 aliphatic carbocycles. The van der Waals surface area contributed by atoms with Crippen LogP contribution >= 0.6 is 11.3 Å². The summed E-state index contributed by atoms with van der Waals surface area (Å²) in [6.07, 6.45) is 3.57. The number of hydrogen-bond donors (Lipinski definition) is 0. The van der Waals surface area contributed by atoms with E-state index in [9.17, 15) is 0 Å². The molecule has 0 amide bonds. The summed E-state index contributed by atoms with van der Waals surface area (Å²) in [5.41, 5.74) is 0.620. The highest BCUT2D eigenvalue weighted by molar-refractivity contribution is 7.10. The van der Waals surface area contributed by atoms with Gasteiger partial charge < -0.3 is 9.47 Å². The molecule has 0 spiro atoms. The molecule has 1 aromatic rings.